The third-order valence-electron chi connectivity index (χ3n) is 5.42. The van der Waals surface area contributed by atoms with E-state index in [2.05, 4.69) is 26.3 Å². The van der Waals surface area contributed by atoms with Gasteiger partial charge in [0.15, 0.2) is 0 Å². The number of carbonyl (C=O) groups excluding carboxylic acids is 1. The number of hydrogen-bond acceptors (Lipinski definition) is 3. The molecule has 31 heavy (non-hydrogen) atoms. The first kappa shape index (κ1) is 21.6. The van der Waals surface area contributed by atoms with Crippen LogP contribution in [0.15, 0.2) is 59.1 Å². The third kappa shape index (κ3) is 3.65. The molecule has 0 fully saturated rings. The first-order valence-electron chi connectivity index (χ1n) is 9.63. The predicted molar refractivity (Wildman–Crippen MR) is 113 cm³/mol. The average Bonchev–Trinajstić information content (AvgIpc) is 3.32. The maximum Gasteiger partial charge on any atom is 0.430 e. The van der Waals surface area contributed by atoms with Crippen LogP contribution in [0.4, 0.5) is 19.0 Å². The molecule has 5 nitrogen and oxygen atoms in total. The van der Waals surface area contributed by atoms with Crippen molar-refractivity contribution in [3.05, 3.63) is 75.9 Å². The molecule has 9 heteroatoms. The van der Waals surface area contributed by atoms with Crippen LogP contribution in [0.3, 0.4) is 0 Å². The van der Waals surface area contributed by atoms with E-state index in [4.69, 9.17) is 4.74 Å². The smallest absolute Gasteiger partial charge is 0.356 e. The quantitative estimate of drug-likeness (QED) is 0.533. The van der Waals surface area contributed by atoms with Crippen LogP contribution in [0, 0.1) is 0 Å². The molecule has 1 amide bonds. The van der Waals surface area contributed by atoms with Crippen molar-refractivity contribution in [2.24, 2.45) is 0 Å². The standard InChI is InChI=1S/C22H19BrF3N3O2/c1-31-21(22(24,25)26,14-6-3-2-4-7-14)20(30)27-19-17-8-5-9-18(17)28-29(19)16-12-10-15(23)11-13-16/h2-4,6-7,10-13H,5,8-9H2,1H3,(H,27,30)/t21-/m0/s1. The van der Waals surface area contributed by atoms with Crippen LogP contribution in [-0.2, 0) is 28.0 Å². The van der Waals surface area contributed by atoms with E-state index in [9.17, 15) is 18.0 Å². The predicted octanol–water partition coefficient (Wildman–Crippen LogP) is 5.17. The fourth-order valence-corrected chi connectivity index (χ4v) is 4.17. The summed E-state index contributed by atoms with van der Waals surface area (Å²) < 4.78 is 50.0. The Morgan fingerprint density at radius 2 is 1.77 bits per heavy atom. The number of methoxy groups -OCH3 is 1. The van der Waals surface area contributed by atoms with E-state index in [1.54, 1.807) is 30.3 Å². The Morgan fingerprint density at radius 3 is 2.39 bits per heavy atom. The summed E-state index contributed by atoms with van der Waals surface area (Å²) in [6, 6.07) is 14.0. The number of nitrogens with zero attached hydrogens (tertiary/aromatic N) is 2. The topological polar surface area (TPSA) is 56.1 Å². The molecule has 1 aromatic heterocycles. The number of aromatic nitrogens is 2. The van der Waals surface area contributed by atoms with Crippen LogP contribution in [0.1, 0.15) is 23.2 Å². The Balaban J connectivity index is 1.81. The average molecular weight is 494 g/mol. The van der Waals surface area contributed by atoms with E-state index in [0.29, 0.717) is 18.5 Å². The number of amides is 1. The second-order valence-corrected chi connectivity index (χ2v) is 8.13. The van der Waals surface area contributed by atoms with Crippen molar-refractivity contribution in [1.29, 1.82) is 0 Å². The van der Waals surface area contributed by atoms with Crippen LogP contribution in [0.25, 0.3) is 5.69 Å². The number of nitrogens with one attached hydrogen (secondary N) is 1. The monoisotopic (exact) mass is 493 g/mol. The Hall–Kier alpha value is -2.65. The van der Waals surface area contributed by atoms with Gasteiger partial charge in [0.1, 0.15) is 5.82 Å². The van der Waals surface area contributed by atoms with E-state index < -0.39 is 17.7 Å². The molecule has 1 heterocycles. The van der Waals surface area contributed by atoms with Crippen LogP contribution in [0.5, 0.6) is 0 Å². The molecule has 0 bridgehead atoms. The normalized spacial score (nSPS) is 15.4. The number of benzene rings is 2. The molecule has 4 rings (SSSR count). The molecule has 1 aliphatic rings. The Bertz CT molecular complexity index is 1100. The Morgan fingerprint density at radius 1 is 1.10 bits per heavy atom. The highest BCUT2D eigenvalue weighted by Crippen LogP contribution is 2.43. The second kappa shape index (κ2) is 8.12. The minimum atomic E-state index is -4.99. The summed E-state index contributed by atoms with van der Waals surface area (Å²) in [7, 11) is 0.885. The Labute approximate surface area is 185 Å². The van der Waals surface area contributed by atoms with Gasteiger partial charge in [-0.15, -0.1) is 0 Å². The van der Waals surface area contributed by atoms with Crippen LogP contribution in [-0.4, -0.2) is 29.0 Å². The SMILES string of the molecule is CO[C@](C(=O)Nc1c2c(nn1-c1ccc(Br)cc1)CCC2)(c1ccccc1)C(F)(F)F. The molecular weight excluding hydrogens is 475 g/mol. The number of hydrogen-bond donors (Lipinski definition) is 1. The zero-order chi connectivity index (χ0) is 22.2. The number of alkyl halides is 3. The van der Waals surface area contributed by atoms with Gasteiger partial charge in [-0.05, 0) is 43.5 Å². The first-order chi connectivity index (χ1) is 14.8. The summed E-state index contributed by atoms with van der Waals surface area (Å²) in [5, 5.41) is 7.06. The highest BCUT2D eigenvalue weighted by Gasteiger charge is 2.62. The van der Waals surface area contributed by atoms with E-state index >= 15 is 0 Å². The minimum absolute atomic E-state index is 0.237. The second-order valence-electron chi connectivity index (χ2n) is 7.22. The summed E-state index contributed by atoms with van der Waals surface area (Å²) in [4.78, 5) is 13.2. The largest absolute Gasteiger partial charge is 0.430 e. The molecule has 0 aliphatic heterocycles. The number of halogens is 4. The van der Waals surface area contributed by atoms with Crippen LogP contribution in [0.2, 0.25) is 0 Å². The van der Waals surface area contributed by atoms with Gasteiger partial charge < -0.3 is 10.1 Å². The highest BCUT2D eigenvalue weighted by molar-refractivity contribution is 9.10. The summed E-state index contributed by atoms with van der Waals surface area (Å²) in [6.45, 7) is 0. The molecule has 0 saturated carbocycles. The number of fused-ring (bicyclic) bond motifs is 1. The summed E-state index contributed by atoms with van der Waals surface area (Å²) >= 11 is 3.36. The molecule has 0 radical (unpaired) electrons. The zero-order valence-corrected chi connectivity index (χ0v) is 18.1. The van der Waals surface area contributed by atoms with Gasteiger partial charge in [-0.2, -0.15) is 18.3 Å². The number of anilines is 1. The summed E-state index contributed by atoms with van der Waals surface area (Å²) in [5.41, 5.74) is -1.31. The van der Waals surface area contributed by atoms with Crippen LogP contribution < -0.4 is 5.32 Å². The number of ether oxygens (including phenoxy) is 1. The van der Waals surface area contributed by atoms with Crippen molar-refractivity contribution in [2.45, 2.75) is 31.0 Å². The van der Waals surface area contributed by atoms with Gasteiger partial charge in [-0.1, -0.05) is 46.3 Å². The zero-order valence-electron chi connectivity index (χ0n) is 16.5. The molecule has 162 valence electrons. The van der Waals surface area contributed by atoms with Crippen molar-refractivity contribution in [1.82, 2.24) is 9.78 Å². The van der Waals surface area contributed by atoms with Gasteiger partial charge in [-0.3, -0.25) is 4.79 Å². The van der Waals surface area contributed by atoms with E-state index in [-0.39, 0.29) is 11.4 Å². The highest BCUT2D eigenvalue weighted by atomic mass is 79.9. The Kier molecular flexibility index (Phi) is 5.65. The number of rotatable bonds is 5. The molecule has 1 N–H and O–H groups in total. The third-order valence-corrected chi connectivity index (χ3v) is 5.94. The van der Waals surface area contributed by atoms with Gasteiger partial charge >= 0.3 is 6.18 Å². The van der Waals surface area contributed by atoms with E-state index in [1.165, 1.54) is 28.9 Å². The van der Waals surface area contributed by atoms with Crippen molar-refractivity contribution in [3.63, 3.8) is 0 Å². The molecule has 0 spiro atoms. The molecule has 3 aromatic rings. The van der Waals surface area contributed by atoms with Crippen molar-refractivity contribution >= 4 is 27.7 Å². The van der Waals surface area contributed by atoms with Crippen molar-refractivity contribution in [2.75, 3.05) is 12.4 Å². The van der Waals surface area contributed by atoms with E-state index in [0.717, 1.165) is 29.3 Å². The summed E-state index contributed by atoms with van der Waals surface area (Å²) in [5.74, 6) is -1.08. The van der Waals surface area contributed by atoms with Gasteiger partial charge in [0.05, 0.1) is 11.4 Å². The lowest BCUT2D eigenvalue weighted by Gasteiger charge is -2.33. The maximum atomic E-state index is 14.3. The number of aryl methyl sites for hydroxylation is 1. The van der Waals surface area contributed by atoms with Crippen molar-refractivity contribution in [3.8, 4) is 5.69 Å². The molecule has 1 atom stereocenters. The minimum Gasteiger partial charge on any atom is -0.356 e. The molecule has 0 saturated heterocycles. The van der Waals surface area contributed by atoms with Gasteiger partial charge in [0.2, 0.25) is 0 Å². The first-order valence-corrected chi connectivity index (χ1v) is 10.4. The van der Waals surface area contributed by atoms with Gasteiger partial charge in [0.25, 0.3) is 11.5 Å². The van der Waals surface area contributed by atoms with Crippen molar-refractivity contribution < 1.29 is 22.7 Å². The van der Waals surface area contributed by atoms with Gasteiger partial charge in [0, 0.05) is 22.7 Å². The maximum absolute atomic E-state index is 14.3. The number of carbonyl (C=O) groups is 1. The molecule has 0 unspecified atom stereocenters. The lowest BCUT2D eigenvalue weighted by molar-refractivity contribution is -0.263. The van der Waals surface area contributed by atoms with E-state index in [1.807, 2.05) is 0 Å². The fraction of sp³-hybridized carbons (Fsp3) is 0.273. The lowest BCUT2D eigenvalue weighted by atomic mass is 9.91. The van der Waals surface area contributed by atoms with Gasteiger partial charge in [-0.25, -0.2) is 4.68 Å². The fourth-order valence-electron chi connectivity index (χ4n) is 3.91. The lowest BCUT2D eigenvalue weighted by Crippen LogP contribution is -2.53. The molecule has 1 aliphatic carbocycles. The van der Waals surface area contributed by atoms with Crippen LogP contribution >= 0.6 is 15.9 Å². The molecule has 2 aromatic carbocycles. The summed E-state index contributed by atoms with van der Waals surface area (Å²) in [6.07, 6.45) is -2.83. The molecular formula is C22H19BrF3N3O2.